The van der Waals surface area contributed by atoms with Gasteiger partial charge in [0.2, 0.25) is 0 Å². The van der Waals surface area contributed by atoms with E-state index >= 15 is 0 Å². The average molecular weight is 205 g/mol. The molecule has 1 aliphatic heterocycles. The predicted molar refractivity (Wildman–Crippen MR) is 61.6 cm³/mol. The lowest BCUT2D eigenvalue weighted by Crippen LogP contribution is -2.39. The topological polar surface area (TPSA) is 12.5 Å². The lowest BCUT2D eigenvalue weighted by atomic mass is 10.0. The van der Waals surface area contributed by atoms with Crippen molar-refractivity contribution in [2.45, 2.75) is 38.6 Å². The molecule has 0 aliphatic carbocycles. The SMILES string of the molecule is C[C@@H]1[C@H](c2ccccc2)OC(C)(C)N1C. The maximum atomic E-state index is 6.09. The van der Waals surface area contributed by atoms with E-state index in [0.29, 0.717) is 6.04 Å². The van der Waals surface area contributed by atoms with Gasteiger partial charge in [-0.3, -0.25) is 4.90 Å². The fraction of sp³-hybridized carbons (Fsp3) is 0.538. The number of rotatable bonds is 1. The molecule has 1 fully saturated rings. The van der Waals surface area contributed by atoms with E-state index < -0.39 is 0 Å². The minimum absolute atomic E-state index is 0.167. The molecule has 2 heteroatoms. The summed E-state index contributed by atoms with van der Waals surface area (Å²) in [5.74, 6) is 0. The van der Waals surface area contributed by atoms with Crippen LogP contribution in [-0.2, 0) is 4.74 Å². The third-order valence-corrected chi connectivity index (χ3v) is 3.44. The fourth-order valence-corrected chi connectivity index (χ4v) is 2.18. The second-order valence-corrected chi connectivity index (χ2v) is 4.75. The molecule has 2 rings (SSSR count). The molecule has 0 N–H and O–H groups in total. The molecule has 1 aromatic rings. The summed E-state index contributed by atoms with van der Waals surface area (Å²) in [6.07, 6.45) is 0.186. The maximum Gasteiger partial charge on any atom is 0.117 e. The second kappa shape index (κ2) is 3.62. The highest BCUT2D eigenvalue weighted by molar-refractivity contribution is 5.20. The third-order valence-electron chi connectivity index (χ3n) is 3.44. The van der Waals surface area contributed by atoms with Crippen LogP contribution in [0.2, 0.25) is 0 Å². The van der Waals surface area contributed by atoms with Crippen molar-refractivity contribution in [3.05, 3.63) is 35.9 Å². The fourth-order valence-electron chi connectivity index (χ4n) is 2.18. The number of hydrogen-bond acceptors (Lipinski definition) is 2. The van der Waals surface area contributed by atoms with E-state index in [1.54, 1.807) is 0 Å². The summed E-state index contributed by atoms with van der Waals surface area (Å²) in [7, 11) is 2.12. The first-order valence-corrected chi connectivity index (χ1v) is 5.48. The molecule has 0 amide bonds. The Morgan fingerprint density at radius 1 is 1.20 bits per heavy atom. The van der Waals surface area contributed by atoms with Crippen molar-refractivity contribution in [1.82, 2.24) is 4.90 Å². The molecule has 0 unspecified atom stereocenters. The molecule has 82 valence electrons. The van der Waals surface area contributed by atoms with Crippen LogP contribution >= 0.6 is 0 Å². The minimum atomic E-state index is -0.167. The van der Waals surface area contributed by atoms with Crippen LogP contribution in [-0.4, -0.2) is 23.7 Å². The standard InChI is InChI=1S/C13H19NO/c1-10-12(11-8-6-5-7-9-11)15-13(2,3)14(10)4/h5-10,12H,1-4H3/t10-,12-/m1/s1. The zero-order chi connectivity index (χ0) is 11.1. The molecule has 15 heavy (non-hydrogen) atoms. The minimum Gasteiger partial charge on any atom is -0.351 e. The molecule has 1 aromatic carbocycles. The van der Waals surface area contributed by atoms with E-state index in [1.807, 2.05) is 6.07 Å². The van der Waals surface area contributed by atoms with Crippen LogP contribution in [0.5, 0.6) is 0 Å². The average Bonchev–Trinajstić information content (AvgIpc) is 2.44. The highest BCUT2D eigenvalue weighted by Crippen LogP contribution is 2.39. The van der Waals surface area contributed by atoms with Gasteiger partial charge in [0.1, 0.15) is 11.8 Å². The molecular formula is C13H19NO. The van der Waals surface area contributed by atoms with Crippen molar-refractivity contribution in [2.24, 2.45) is 0 Å². The molecule has 2 nitrogen and oxygen atoms in total. The molecule has 1 heterocycles. The van der Waals surface area contributed by atoms with Crippen LogP contribution in [0.1, 0.15) is 32.4 Å². The normalized spacial score (nSPS) is 30.7. The van der Waals surface area contributed by atoms with Crippen molar-refractivity contribution in [3.63, 3.8) is 0 Å². The first-order valence-electron chi connectivity index (χ1n) is 5.48. The Morgan fingerprint density at radius 3 is 2.27 bits per heavy atom. The van der Waals surface area contributed by atoms with Crippen LogP contribution in [0, 0.1) is 0 Å². The van der Waals surface area contributed by atoms with E-state index in [-0.39, 0.29) is 11.8 Å². The van der Waals surface area contributed by atoms with Gasteiger partial charge in [-0.25, -0.2) is 0 Å². The van der Waals surface area contributed by atoms with Gasteiger partial charge in [0.15, 0.2) is 0 Å². The molecule has 0 radical (unpaired) electrons. The summed E-state index contributed by atoms with van der Waals surface area (Å²) < 4.78 is 6.09. The number of ether oxygens (including phenoxy) is 1. The molecule has 0 spiro atoms. The summed E-state index contributed by atoms with van der Waals surface area (Å²) in [6, 6.07) is 10.9. The zero-order valence-corrected chi connectivity index (χ0v) is 9.90. The van der Waals surface area contributed by atoms with E-state index in [1.165, 1.54) is 5.56 Å². The largest absolute Gasteiger partial charge is 0.351 e. The molecule has 0 saturated carbocycles. The van der Waals surface area contributed by atoms with Crippen molar-refractivity contribution in [1.29, 1.82) is 0 Å². The highest BCUT2D eigenvalue weighted by atomic mass is 16.5. The van der Waals surface area contributed by atoms with Gasteiger partial charge in [-0.15, -0.1) is 0 Å². The van der Waals surface area contributed by atoms with Gasteiger partial charge in [0.25, 0.3) is 0 Å². The van der Waals surface area contributed by atoms with Gasteiger partial charge in [-0.2, -0.15) is 0 Å². The van der Waals surface area contributed by atoms with Crippen LogP contribution in [0.3, 0.4) is 0 Å². The van der Waals surface area contributed by atoms with E-state index in [0.717, 1.165) is 0 Å². The Bertz CT molecular complexity index is 334. The first kappa shape index (κ1) is 10.7. The lowest BCUT2D eigenvalue weighted by Gasteiger charge is -2.27. The summed E-state index contributed by atoms with van der Waals surface area (Å²) in [5.41, 5.74) is 1.10. The van der Waals surface area contributed by atoms with Crippen molar-refractivity contribution in [2.75, 3.05) is 7.05 Å². The van der Waals surface area contributed by atoms with E-state index in [4.69, 9.17) is 4.74 Å². The molecule has 1 aliphatic rings. The smallest absolute Gasteiger partial charge is 0.117 e. The van der Waals surface area contributed by atoms with Gasteiger partial charge in [0.05, 0.1) is 0 Å². The molecule has 2 atom stereocenters. The Labute approximate surface area is 91.9 Å². The monoisotopic (exact) mass is 205 g/mol. The van der Waals surface area contributed by atoms with Crippen LogP contribution < -0.4 is 0 Å². The zero-order valence-electron chi connectivity index (χ0n) is 9.90. The molecule has 0 aromatic heterocycles. The van der Waals surface area contributed by atoms with Crippen LogP contribution in [0.4, 0.5) is 0 Å². The molecule has 1 saturated heterocycles. The highest BCUT2D eigenvalue weighted by Gasteiger charge is 2.42. The Kier molecular flexibility index (Phi) is 2.57. The molecule has 0 bridgehead atoms. The Hall–Kier alpha value is -0.860. The third kappa shape index (κ3) is 1.80. The van der Waals surface area contributed by atoms with Crippen LogP contribution in [0.25, 0.3) is 0 Å². The van der Waals surface area contributed by atoms with Gasteiger partial charge in [0, 0.05) is 6.04 Å². The van der Waals surface area contributed by atoms with Crippen molar-refractivity contribution < 1.29 is 4.74 Å². The van der Waals surface area contributed by atoms with E-state index in [9.17, 15) is 0 Å². The van der Waals surface area contributed by atoms with Gasteiger partial charge in [-0.1, -0.05) is 30.3 Å². The van der Waals surface area contributed by atoms with Crippen LogP contribution in [0.15, 0.2) is 30.3 Å². The summed E-state index contributed by atoms with van der Waals surface area (Å²) >= 11 is 0. The summed E-state index contributed by atoms with van der Waals surface area (Å²) in [5, 5.41) is 0. The van der Waals surface area contributed by atoms with Crippen molar-refractivity contribution in [3.8, 4) is 0 Å². The molecular weight excluding hydrogens is 186 g/mol. The predicted octanol–water partition coefficient (Wildman–Crippen LogP) is 2.81. The van der Waals surface area contributed by atoms with Gasteiger partial charge in [-0.05, 0) is 33.4 Å². The first-order chi connectivity index (χ1) is 7.02. The number of hydrogen-bond donors (Lipinski definition) is 0. The van der Waals surface area contributed by atoms with Gasteiger partial charge >= 0.3 is 0 Å². The maximum absolute atomic E-state index is 6.09. The number of benzene rings is 1. The lowest BCUT2D eigenvalue weighted by molar-refractivity contribution is -0.0683. The van der Waals surface area contributed by atoms with Gasteiger partial charge < -0.3 is 4.74 Å². The van der Waals surface area contributed by atoms with E-state index in [2.05, 4.69) is 57.0 Å². The number of likely N-dealkylation sites (N-methyl/N-ethyl adjacent to an activating group) is 1. The Morgan fingerprint density at radius 2 is 1.80 bits per heavy atom. The Balaban J connectivity index is 2.27. The number of nitrogens with zero attached hydrogens (tertiary/aromatic N) is 1. The summed E-state index contributed by atoms with van der Waals surface area (Å²) in [4.78, 5) is 2.28. The summed E-state index contributed by atoms with van der Waals surface area (Å²) in [6.45, 7) is 6.45. The second-order valence-electron chi connectivity index (χ2n) is 4.75. The quantitative estimate of drug-likeness (QED) is 0.699. The van der Waals surface area contributed by atoms with Crippen molar-refractivity contribution >= 4 is 0 Å².